The largest absolute Gasteiger partial charge is 0.494 e. The van der Waals surface area contributed by atoms with Crippen molar-refractivity contribution in [2.75, 3.05) is 0 Å². The third-order valence-electron chi connectivity index (χ3n) is 2.11. The third kappa shape index (κ3) is 3.72. The van der Waals surface area contributed by atoms with Crippen molar-refractivity contribution in [3.8, 4) is 11.5 Å². The molecule has 0 aliphatic carbocycles. The lowest BCUT2D eigenvalue weighted by molar-refractivity contribution is 0.164. The highest BCUT2D eigenvalue weighted by Crippen LogP contribution is 2.28. The van der Waals surface area contributed by atoms with Crippen molar-refractivity contribution in [1.82, 2.24) is 0 Å². The Kier molecular flexibility index (Phi) is 4.88. The first-order valence-corrected chi connectivity index (χ1v) is 5.17. The molecule has 1 atom stereocenters. The average molecular weight is 232 g/mol. The summed E-state index contributed by atoms with van der Waals surface area (Å²) >= 11 is 0. The van der Waals surface area contributed by atoms with Crippen LogP contribution in [0, 0.1) is 0 Å². The van der Waals surface area contributed by atoms with E-state index in [4.69, 9.17) is 14.2 Å². The van der Waals surface area contributed by atoms with Crippen LogP contribution >= 0.6 is 0 Å². The van der Waals surface area contributed by atoms with Crippen molar-refractivity contribution in [2.24, 2.45) is 0 Å². The van der Waals surface area contributed by atoms with Gasteiger partial charge in [0.2, 0.25) is 0 Å². The van der Waals surface area contributed by atoms with E-state index in [1.54, 1.807) is 6.07 Å². The second kappa shape index (κ2) is 6.43. The van der Waals surface area contributed by atoms with Gasteiger partial charge in [-0.3, -0.25) is 0 Å². The molecule has 0 amide bonds. The summed E-state index contributed by atoms with van der Waals surface area (Å²) in [5.74, 6) is 1.27. The standard InChI is InChI=1S/C14H16O3/c1-5-15-11(4)12-8-13(16-6-2)10-14(9-12)17-7-3/h5-11H,1-3H2,4H3. The molecule has 1 aromatic rings. The lowest BCUT2D eigenvalue weighted by Crippen LogP contribution is -1.96. The Morgan fingerprint density at radius 3 is 1.88 bits per heavy atom. The molecule has 0 saturated heterocycles. The molecular weight excluding hydrogens is 216 g/mol. The van der Waals surface area contributed by atoms with E-state index in [2.05, 4.69) is 19.7 Å². The fourth-order valence-electron chi connectivity index (χ4n) is 1.38. The van der Waals surface area contributed by atoms with Crippen LogP contribution in [0.5, 0.6) is 11.5 Å². The van der Waals surface area contributed by atoms with Crippen molar-refractivity contribution in [2.45, 2.75) is 13.0 Å². The predicted molar refractivity (Wildman–Crippen MR) is 67.8 cm³/mol. The summed E-state index contributed by atoms with van der Waals surface area (Å²) in [6.45, 7) is 12.5. The van der Waals surface area contributed by atoms with Crippen molar-refractivity contribution in [3.63, 3.8) is 0 Å². The van der Waals surface area contributed by atoms with Gasteiger partial charge in [0, 0.05) is 6.07 Å². The SMILES string of the molecule is C=COc1cc(OC=C)cc(C(C)OC=C)c1. The zero-order valence-corrected chi connectivity index (χ0v) is 9.89. The fourth-order valence-corrected chi connectivity index (χ4v) is 1.38. The third-order valence-corrected chi connectivity index (χ3v) is 2.11. The van der Waals surface area contributed by atoms with Gasteiger partial charge >= 0.3 is 0 Å². The zero-order chi connectivity index (χ0) is 12.7. The van der Waals surface area contributed by atoms with Gasteiger partial charge in [0.1, 0.15) is 17.6 Å². The summed E-state index contributed by atoms with van der Waals surface area (Å²) in [4.78, 5) is 0. The number of hydrogen-bond donors (Lipinski definition) is 0. The highest BCUT2D eigenvalue weighted by Gasteiger charge is 2.09. The maximum Gasteiger partial charge on any atom is 0.130 e. The molecule has 90 valence electrons. The van der Waals surface area contributed by atoms with E-state index in [0.717, 1.165) is 5.56 Å². The van der Waals surface area contributed by atoms with Gasteiger partial charge in [-0.2, -0.15) is 0 Å². The molecule has 0 heterocycles. The molecule has 0 aliphatic heterocycles. The molecular formula is C14H16O3. The van der Waals surface area contributed by atoms with Crippen LogP contribution in [-0.2, 0) is 4.74 Å². The van der Waals surface area contributed by atoms with Crippen LogP contribution in [0.1, 0.15) is 18.6 Å². The van der Waals surface area contributed by atoms with Gasteiger partial charge in [-0.05, 0) is 24.6 Å². The van der Waals surface area contributed by atoms with E-state index < -0.39 is 0 Å². The second-order valence-corrected chi connectivity index (χ2v) is 3.25. The van der Waals surface area contributed by atoms with Crippen molar-refractivity contribution in [3.05, 3.63) is 62.3 Å². The first-order chi connectivity index (χ1) is 8.21. The zero-order valence-electron chi connectivity index (χ0n) is 9.89. The van der Waals surface area contributed by atoms with Crippen molar-refractivity contribution < 1.29 is 14.2 Å². The molecule has 3 heteroatoms. The minimum Gasteiger partial charge on any atom is -0.494 e. The highest BCUT2D eigenvalue weighted by atomic mass is 16.5. The molecule has 0 bridgehead atoms. The van der Waals surface area contributed by atoms with Crippen LogP contribution in [0.4, 0.5) is 0 Å². The molecule has 1 unspecified atom stereocenters. The molecule has 17 heavy (non-hydrogen) atoms. The van der Waals surface area contributed by atoms with Gasteiger partial charge in [0.25, 0.3) is 0 Å². The van der Waals surface area contributed by atoms with Gasteiger partial charge in [0.05, 0.1) is 18.8 Å². The van der Waals surface area contributed by atoms with Crippen LogP contribution < -0.4 is 9.47 Å². The summed E-state index contributed by atoms with van der Waals surface area (Å²) in [6.07, 6.45) is 3.99. The van der Waals surface area contributed by atoms with Crippen LogP contribution in [-0.4, -0.2) is 0 Å². The van der Waals surface area contributed by atoms with E-state index in [1.807, 2.05) is 19.1 Å². The lowest BCUT2D eigenvalue weighted by Gasteiger charge is -2.14. The summed E-state index contributed by atoms with van der Waals surface area (Å²) in [6, 6.07) is 5.45. The molecule has 1 rings (SSSR count). The Labute approximate surface area is 102 Å². The predicted octanol–water partition coefficient (Wildman–Crippen LogP) is 3.95. The number of ether oxygens (including phenoxy) is 3. The van der Waals surface area contributed by atoms with Crippen LogP contribution in [0.2, 0.25) is 0 Å². The molecule has 0 spiro atoms. The van der Waals surface area contributed by atoms with E-state index in [0.29, 0.717) is 11.5 Å². The van der Waals surface area contributed by atoms with Crippen LogP contribution in [0.15, 0.2) is 56.7 Å². The van der Waals surface area contributed by atoms with Gasteiger partial charge in [0.15, 0.2) is 0 Å². The van der Waals surface area contributed by atoms with Gasteiger partial charge in [-0.15, -0.1) is 0 Å². The van der Waals surface area contributed by atoms with E-state index >= 15 is 0 Å². The topological polar surface area (TPSA) is 27.7 Å². The molecule has 0 aromatic heterocycles. The molecule has 0 aliphatic rings. The maximum absolute atomic E-state index is 5.30. The summed E-state index contributed by atoms with van der Waals surface area (Å²) in [7, 11) is 0. The van der Waals surface area contributed by atoms with Crippen molar-refractivity contribution >= 4 is 0 Å². The average Bonchev–Trinajstić information content (AvgIpc) is 2.30. The van der Waals surface area contributed by atoms with Gasteiger partial charge in [-0.25, -0.2) is 0 Å². The number of hydrogen-bond acceptors (Lipinski definition) is 3. The molecule has 0 radical (unpaired) electrons. The van der Waals surface area contributed by atoms with E-state index in [9.17, 15) is 0 Å². The van der Waals surface area contributed by atoms with E-state index in [1.165, 1.54) is 18.8 Å². The molecule has 3 nitrogen and oxygen atoms in total. The lowest BCUT2D eigenvalue weighted by atomic mass is 10.1. The highest BCUT2D eigenvalue weighted by molar-refractivity contribution is 5.40. The summed E-state index contributed by atoms with van der Waals surface area (Å²) in [5.41, 5.74) is 0.918. The molecule has 1 aromatic carbocycles. The Hall–Kier alpha value is -2.16. The Morgan fingerprint density at radius 1 is 0.941 bits per heavy atom. The first kappa shape index (κ1) is 12.9. The maximum atomic E-state index is 5.30. The monoisotopic (exact) mass is 232 g/mol. The molecule has 0 fully saturated rings. The number of benzene rings is 1. The van der Waals surface area contributed by atoms with Crippen LogP contribution in [0.3, 0.4) is 0 Å². The molecule has 0 saturated carbocycles. The minimum atomic E-state index is -0.131. The molecule has 0 N–H and O–H groups in total. The Bertz CT molecular complexity index is 382. The normalized spacial score (nSPS) is 11.1. The van der Waals surface area contributed by atoms with E-state index in [-0.39, 0.29) is 6.10 Å². The minimum absolute atomic E-state index is 0.131. The van der Waals surface area contributed by atoms with Crippen LogP contribution in [0.25, 0.3) is 0 Å². The van der Waals surface area contributed by atoms with Gasteiger partial charge < -0.3 is 14.2 Å². The fraction of sp³-hybridized carbons (Fsp3) is 0.143. The van der Waals surface area contributed by atoms with Crippen molar-refractivity contribution in [1.29, 1.82) is 0 Å². The first-order valence-electron chi connectivity index (χ1n) is 5.17. The summed E-state index contributed by atoms with van der Waals surface area (Å²) < 4.78 is 15.8. The quantitative estimate of drug-likeness (QED) is 0.666. The number of rotatable bonds is 7. The smallest absolute Gasteiger partial charge is 0.130 e. The Balaban J connectivity index is 3.05. The second-order valence-electron chi connectivity index (χ2n) is 3.25. The Morgan fingerprint density at radius 2 is 1.47 bits per heavy atom. The summed E-state index contributed by atoms with van der Waals surface area (Å²) in [5, 5.41) is 0. The van der Waals surface area contributed by atoms with Gasteiger partial charge in [-0.1, -0.05) is 19.7 Å².